The lowest BCUT2D eigenvalue weighted by molar-refractivity contribution is 0.409. The number of nitriles is 1. The van der Waals surface area contributed by atoms with Crippen LogP contribution < -0.4 is 9.46 Å². The molecule has 0 fully saturated rings. The first-order valence-corrected chi connectivity index (χ1v) is 7.06. The van der Waals surface area contributed by atoms with Gasteiger partial charge in [-0.05, 0) is 25.0 Å². The van der Waals surface area contributed by atoms with E-state index in [-0.39, 0.29) is 6.54 Å². The van der Waals surface area contributed by atoms with Gasteiger partial charge in [-0.15, -0.1) is 0 Å². The fraction of sp³-hybridized carbons (Fsp3) is 0.417. The number of sulfonamides is 1. The van der Waals surface area contributed by atoms with E-state index in [9.17, 15) is 8.42 Å². The lowest BCUT2D eigenvalue weighted by atomic mass is 10.1. The molecule has 0 amide bonds. The van der Waals surface area contributed by atoms with E-state index in [0.29, 0.717) is 6.42 Å². The summed E-state index contributed by atoms with van der Waals surface area (Å²) in [7, 11) is -1.98. The van der Waals surface area contributed by atoms with Crippen molar-refractivity contribution in [3.8, 4) is 11.8 Å². The van der Waals surface area contributed by atoms with Crippen molar-refractivity contribution in [2.24, 2.45) is 0 Å². The van der Waals surface area contributed by atoms with Gasteiger partial charge in [0.25, 0.3) is 0 Å². The third kappa shape index (κ3) is 3.72. The van der Waals surface area contributed by atoms with Gasteiger partial charge in [-0.3, -0.25) is 0 Å². The highest BCUT2D eigenvalue weighted by molar-refractivity contribution is 7.90. The summed E-state index contributed by atoms with van der Waals surface area (Å²) in [5.41, 5.74) is 0.923. The number of nitrogens with one attached hydrogen (secondary N) is 1. The van der Waals surface area contributed by atoms with Gasteiger partial charge in [0, 0.05) is 6.54 Å². The second-order valence-electron chi connectivity index (χ2n) is 3.77. The first kappa shape index (κ1) is 14.5. The molecule has 5 nitrogen and oxygen atoms in total. The van der Waals surface area contributed by atoms with E-state index in [1.807, 2.05) is 24.3 Å². The number of rotatable bonds is 6. The van der Waals surface area contributed by atoms with Gasteiger partial charge in [-0.25, -0.2) is 13.1 Å². The Morgan fingerprint density at radius 2 is 2.11 bits per heavy atom. The van der Waals surface area contributed by atoms with Gasteiger partial charge >= 0.3 is 0 Å². The Balaban J connectivity index is 2.60. The predicted molar refractivity (Wildman–Crippen MR) is 68.7 cm³/mol. The highest BCUT2D eigenvalue weighted by atomic mass is 32.2. The van der Waals surface area contributed by atoms with Gasteiger partial charge in [0.05, 0.1) is 13.2 Å². The average molecular weight is 268 g/mol. The van der Waals surface area contributed by atoms with Crippen molar-refractivity contribution < 1.29 is 13.2 Å². The van der Waals surface area contributed by atoms with E-state index in [1.165, 1.54) is 6.92 Å². The molecule has 0 aromatic heterocycles. The van der Waals surface area contributed by atoms with Crippen LogP contribution in [0.3, 0.4) is 0 Å². The standard InChI is InChI=1S/C12H16N2O3S/c1-10(9-13)18(15,16)14-8-7-11-5-3-4-6-12(11)17-2/h3-6,10,14H,7-8H2,1-2H3. The van der Waals surface area contributed by atoms with Crippen LogP contribution in [0.2, 0.25) is 0 Å². The summed E-state index contributed by atoms with van der Waals surface area (Å²) >= 11 is 0. The molecule has 98 valence electrons. The Kier molecular flexibility index (Phi) is 5.13. The van der Waals surface area contributed by atoms with Crippen LogP contribution in [0.1, 0.15) is 12.5 Å². The lowest BCUT2D eigenvalue weighted by Gasteiger charge is -2.10. The molecule has 6 heteroatoms. The summed E-state index contributed by atoms with van der Waals surface area (Å²) in [6.07, 6.45) is 0.515. The molecular weight excluding hydrogens is 252 g/mol. The molecule has 0 radical (unpaired) electrons. The number of hydrogen-bond acceptors (Lipinski definition) is 4. The predicted octanol–water partition coefficient (Wildman–Crippen LogP) is 1.07. The number of benzene rings is 1. The Bertz CT molecular complexity index is 534. The zero-order valence-electron chi connectivity index (χ0n) is 10.4. The maximum Gasteiger partial charge on any atom is 0.227 e. The van der Waals surface area contributed by atoms with Crippen LogP contribution >= 0.6 is 0 Å². The zero-order chi connectivity index (χ0) is 13.6. The monoisotopic (exact) mass is 268 g/mol. The molecule has 1 unspecified atom stereocenters. The van der Waals surface area contributed by atoms with Gasteiger partial charge in [-0.2, -0.15) is 5.26 Å². The molecule has 1 rings (SSSR count). The van der Waals surface area contributed by atoms with Crippen molar-refractivity contribution in [2.75, 3.05) is 13.7 Å². The molecule has 0 heterocycles. The maximum atomic E-state index is 11.5. The summed E-state index contributed by atoms with van der Waals surface area (Å²) in [5, 5.41) is 7.53. The molecule has 0 saturated carbocycles. The first-order valence-electron chi connectivity index (χ1n) is 5.51. The van der Waals surface area contributed by atoms with Crippen molar-refractivity contribution in [3.05, 3.63) is 29.8 Å². The van der Waals surface area contributed by atoms with Crippen LogP contribution in [0.25, 0.3) is 0 Å². The molecule has 1 atom stereocenters. The Hall–Kier alpha value is -1.58. The van der Waals surface area contributed by atoms with Crippen LogP contribution in [0.5, 0.6) is 5.75 Å². The van der Waals surface area contributed by atoms with E-state index in [0.717, 1.165) is 11.3 Å². The Labute approximate surface area is 107 Å². The largest absolute Gasteiger partial charge is 0.496 e. The van der Waals surface area contributed by atoms with Crippen molar-refractivity contribution >= 4 is 10.0 Å². The third-order valence-electron chi connectivity index (χ3n) is 2.54. The molecule has 0 aliphatic carbocycles. The van der Waals surface area contributed by atoms with E-state index in [2.05, 4.69) is 4.72 Å². The highest BCUT2D eigenvalue weighted by Gasteiger charge is 2.19. The minimum absolute atomic E-state index is 0.245. The number of hydrogen-bond donors (Lipinski definition) is 1. The molecule has 0 aliphatic heterocycles. The highest BCUT2D eigenvalue weighted by Crippen LogP contribution is 2.17. The fourth-order valence-electron chi connectivity index (χ4n) is 1.43. The average Bonchev–Trinajstić information content (AvgIpc) is 2.38. The second kappa shape index (κ2) is 6.38. The summed E-state index contributed by atoms with van der Waals surface area (Å²) in [6, 6.07) is 9.12. The van der Waals surface area contributed by atoms with Crippen molar-refractivity contribution in [1.82, 2.24) is 4.72 Å². The molecule has 0 bridgehead atoms. The summed E-state index contributed by atoms with van der Waals surface area (Å²) in [5.74, 6) is 0.727. The van der Waals surface area contributed by atoms with Crippen molar-refractivity contribution in [1.29, 1.82) is 5.26 Å². The van der Waals surface area contributed by atoms with Crippen LogP contribution in [0.4, 0.5) is 0 Å². The van der Waals surface area contributed by atoms with E-state index >= 15 is 0 Å². The maximum absolute atomic E-state index is 11.5. The molecule has 0 aliphatic rings. The smallest absolute Gasteiger partial charge is 0.227 e. The van der Waals surface area contributed by atoms with Gasteiger partial charge in [-0.1, -0.05) is 18.2 Å². The molecule has 1 aromatic carbocycles. The van der Waals surface area contributed by atoms with Crippen molar-refractivity contribution in [3.63, 3.8) is 0 Å². The number of ether oxygens (including phenoxy) is 1. The molecule has 0 saturated heterocycles. The molecule has 1 N–H and O–H groups in total. The quantitative estimate of drug-likeness (QED) is 0.837. The van der Waals surface area contributed by atoms with E-state index in [4.69, 9.17) is 10.00 Å². The Morgan fingerprint density at radius 1 is 1.44 bits per heavy atom. The SMILES string of the molecule is COc1ccccc1CCNS(=O)(=O)C(C)C#N. The van der Waals surface area contributed by atoms with Gasteiger partial charge in [0.1, 0.15) is 5.75 Å². The number of methoxy groups -OCH3 is 1. The van der Waals surface area contributed by atoms with Crippen LogP contribution in [0.15, 0.2) is 24.3 Å². The first-order chi connectivity index (χ1) is 8.51. The normalized spacial score (nSPS) is 12.7. The topological polar surface area (TPSA) is 79.2 Å². The number of para-hydroxylation sites is 1. The van der Waals surface area contributed by atoms with Crippen LogP contribution in [-0.4, -0.2) is 27.3 Å². The summed E-state index contributed by atoms with van der Waals surface area (Å²) in [6.45, 7) is 1.60. The molecule has 1 aromatic rings. The van der Waals surface area contributed by atoms with Gasteiger partial charge < -0.3 is 4.74 Å². The van der Waals surface area contributed by atoms with E-state index < -0.39 is 15.3 Å². The van der Waals surface area contributed by atoms with Crippen molar-refractivity contribution in [2.45, 2.75) is 18.6 Å². The second-order valence-corrected chi connectivity index (χ2v) is 5.86. The minimum Gasteiger partial charge on any atom is -0.496 e. The van der Waals surface area contributed by atoms with E-state index in [1.54, 1.807) is 13.2 Å². The van der Waals surface area contributed by atoms with Gasteiger partial charge in [0.15, 0.2) is 5.25 Å². The number of nitrogens with zero attached hydrogens (tertiary/aromatic N) is 1. The summed E-state index contributed by atoms with van der Waals surface area (Å²) in [4.78, 5) is 0. The third-order valence-corrected chi connectivity index (χ3v) is 4.18. The lowest BCUT2D eigenvalue weighted by Crippen LogP contribution is -2.33. The fourth-order valence-corrected chi connectivity index (χ4v) is 2.21. The van der Waals surface area contributed by atoms with Crippen LogP contribution in [0, 0.1) is 11.3 Å². The summed E-state index contributed by atoms with van der Waals surface area (Å²) < 4.78 is 30.7. The molecular formula is C12H16N2O3S. The Morgan fingerprint density at radius 3 is 2.72 bits per heavy atom. The van der Waals surface area contributed by atoms with Gasteiger partial charge in [0.2, 0.25) is 10.0 Å². The minimum atomic E-state index is -3.55. The van der Waals surface area contributed by atoms with Crippen LogP contribution in [-0.2, 0) is 16.4 Å². The molecule has 18 heavy (non-hydrogen) atoms. The molecule has 0 spiro atoms. The zero-order valence-corrected chi connectivity index (χ0v) is 11.2.